The van der Waals surface area contributed by atoms with E-state index in [-0.39, 0.29) is 23.6 Å². The molecule has 0 unspecified atom stereocenters. The van der Waals surface area contributed by atoms with Gasteiger partial charge in [-0.3, -0.25) is 0 Å². The smallest absolute Gasteiger partial charge is 0.160 e. The highest BCUT2D eigenvalue weighted by molar-refractivity contribution is 8.00. The van der Waals surface area contributed by atoms with Crippen molar-refractivity contribution in [3.05, 3.63) is 28.8 Å². The third-order valence-corrected chi connectivity index (χ3v) is 4.20. The predicted molar refractivity (Wildman–Crippen MR) is 80.6 cm³/mol. The van der Waals surface area contributed by atoms with Gasteiger partial charge in [0.15, 0.2) is 0 Å². The van der Waals surface area contributed by atoms with E-state index in [1.165, 1.54) is 0 Å². The topological polar surface area (TPSA) is 0 Å². The van der Waals surface area contributed by atoms with Crippen LogP contribution in [0.3, 0.4) is 0 Å². The van der Waals surface area contributed by atoms with Crippen LogP contribution < -0.4 is 0 Å². The van der Waals surface area contributed by atoms with Gasteiger partial charge in [0.2, 0.25) is 0 Å². The van der Waals surface area contributed by atoms with Crippen LogP contribution in [0.25, 0.3) is 0 Å². The van der Waals surface area contributed by atoms with E-state index in [1.54, 1.807) is 0 Å². The second kappa shape index (κ2) is 6.42. The van der Waals surface area contributed by atoms with Gasteiger partial charge in [-0.1, -0.05) is 53.7 Å². The van der Waals surface area contributed by atoms with Gasteiger partial charge in [-0.25, -0.2) is 0 Å². The summed E-state index contributed by atoms with van der Waals surface area (Å²) in [7, 11) is 0. The molecule has 4 heteroatoms. The molecular weight excluding hydrogens is 281 g/mol. The van der Waals surface area contributed by atoms with Crippen LogP contribution in [-0.2, 0) is 0 Å². The Balaban J connectivity index is 3.51. The summed E-state index contributed by atoms with van der Waals surface area (Å²) in [6, 6.07) is 3.88. The standard InChI is InChI=1S/C16H23F3S/c1-9(2)12-7-13(10(3)4)15(20-16(17,18)19)14(8-12)11(5)6/h7-11H,1-6H3. The van der Waals surface area contributed by atoms with E-state index in [0.29, 0.717) is 10.8 Å². The molecule has 1 rings (SSSR count). The Bertz CT molecular complexity index is 430. The van der Waals surface area contributed by atoms with Gasteiger partial charge in [0.25, 0.3) is 0 Å². The fourth-order valence-corrected chi connectivity index (χ4v) is 3.18. The van der Waals surface area contributed by atoms with Gasteiger partial charge in [-0.2, -0.15) is 13.2 Å². The lowest BCUT2D eigenvalue weighted by Crippen LogP contribution is -2.07. The summed E-state index contributed by atoms with van der Waals surface area (Å²) in [4.78, 5) is 0.395. The van der Waals surface area contributed by atoms with Crippen LogP contribution in [0.5, 0.6) is 0 Å². The molecular formula is C16H23F3S. The Labute approximate surface area is 124 Å². The third kappa shape index (κ3) is 4.44. The van der Waals surface area contributed by atoms with Crippen molar-refractivity contribution in [3.8, 4) is 0 Å². The second-order valence-electron chi connectivity index (χ2n) is 6.04. The number of hydrogen-bond donors (Lipinski definition) is 0. The van der Waals surface area contributed by atoms with Gasteiger partial charge >= 0.3 is 5.51 Å². The van der Waals surface area contributed by atoms with Gasteiger partial charge in [0.1, 0.15) is 0 Å². The fourth-order valence-electron chi connectivity index (χ4n) is 2.12. The van der Waals surface area contributed by atoms with Crippen molar-refractivity contribution in [1.29, 1.82) is 0 Å². The molecule has 0 nitrogen and oxygen atoms in total. The first-order valence-corrected chi connectivity index (χ1v) is 7.78. The normalized spacial score (nSPS) is 12.8. The molecule has 1 aromatic carbocycles. The minimum Gasteiger partial charge on any atom is -0.160 e. The minimum absolute atomic E-state index is 0.0311. The molecule has 0 atom stereocenters. The lowest BCUT2D eigenvalue weighted by molar-refractivity contribution is -0.0328. The van der Waals surface area contributed by atoms with Crippen LogP contribution in [0.1, 0.15) is 76.0 Å². The Morgan fingerprint density at radius 3 is 1.45 bits per heavy atom. The summed E-state index contributed by atoms with van der Waals surface area (Å²) in [6.45, 7) is 11.9. The van der Waals surface area contributed by atoms with Crippen molar-refractivity contribution in [2.75, 3.05) is 0 Å². The Morgan fingerprint density at radius 2 is 1.20 bits per heavy atom. The first-order valence-electron chi connectivity index (χ1n) is 6.96. The van der Waals surface area contributed by atoms with Crippen molar-refractivity contribution < 1.29 is 13.2 Å². The van der Waals surface area contributed by atoms with Crippen molar-refractivity contribution in [2.45, 2.75) is 69.7 Å². The molecule has 0 spiro atoms. The molecule has 20 heavy (non-hydrogen) atoms. The molecule has 0 aliphatic rings. The molecule has 0 N–H and O–H groups in total. The average Bonchev–Trinajstić information content (AvgIpc) is 2.25. The molecule has 0 radical (unpaired) electrons. The maximum atomic E-state index is 12.9. The quantitative estimate of drug-likeness (QED) is 0.560. The fraction of sp³-hybridized carbons (Fsp3) is 0.625. The summed E-state index contributed by atoms with van der Waals surface area (Å²) in [6.07, 6.45) is 0. The van der Waals surface area contributed by atoms with Crippen LogP contribution in [-0.4, -0.2) is 5.51 Å². The van der Waals surface area contributed by atoms with E-state index in [4.69, 9.17) is 0 Å². The van der Waals surface area contributed by atoms with E-state index in [0.717, 1.165) is 16.7 Å². The highest BCUT2D eigenvalue weighted by Gasteiger charge is 2.33. The summed E-state index contributed by atoms with van der Waals surface area (Å²) in [5.74, 6) is 0.474. The van der Waals surface area contributed by atoms with Crippen molar-refractivity contribution in [3.63, 3.8) is 0 Å². The van der Waals surface area contributed by atoms with Gasteiger partial charge in [-0.05, 0) is 46.2 Å². The first-order chi connectivity index (χ1) is 9.03. The lowest BCUT2D eigenvalue weighted by Gasteiger charge is -2.22. The van der Waals surface area contributed by atoms with Gasteiger partial charge < -0.3 is 0 Å². The maximum Gasteiger partial charge on any atom is 0.446 e. The minimum atomic E-state index is -4.24. The Kier molecular flexibility index (Phi) is 5.59. The Morgan fingerprint density at radius 1 is 0.800 bits per heavy atom. The first kappa shape index (κ1) is 17.4. The highest BCUT2D eigenvalue weighted by Crippen LogP contribution is 2.45. The third-order valence-electron chi connectivity index (χ3n) is 3.30. The van der Waals surface area contributed by atoms with E-state index in [1.807, 2.05) is 39.8 Å². The zero-order valence-corrected chi connectivity index (χ0v) is 13.7. The predicted octanol–water partition coefficient (Wildman–Crippen LogP) is 6.67. The zero-order chi connectivity index (χ0) is 15.7. The number of hydrogen-bond acceptors (Lipinski definition) is 1. The number of benzene rings is 1. The van der Waals surface area contributed by atoms with Crippen LogP contribution in [0.2, 0.25) is 0 Å². The van der Waals surface area contributed by atoms with Crippen molar-refractivity contribution in [1.82, 2.24) is 0 Å². The van der Waals surface area contributed by atoms with Crippen LogP contribution in [0, 0.1) is 0 Å². The molecule has 0 saturated carbocycles. The molecule has 0 aliphatic carbocycles. The number of halogens is 3. The molecule has 0 saturated heterocycles. The SMILES string of the molecule is CC(C)c1cc(C(C)C)c(SC(F)(F)F)c(C(C)C)c1. The largest absolute Gasteiger partial charge is 0.446 e. The van der Waals surface area contributed by atoms with Crippen molar-refractivity contribution >= 4 is 11.8 Å². The Hall–Kier alpha value is -0.640. The summed E-state index contributed by atoms with van der Waals surface area (Å²) < 4.78 is 38.6. The van der Waals surface area contributed by atoms with E-state index < -0.39 is 5.51 Å². The molecule has 0 aliphatic heterocycles. The maximum absolute atomic E-state index is 12.9. The number of alkyl halides is 3. The summed E-state index contributed by atoms with van der Waals surface area (Å²) in [5.41, 5.74) is -1.51. The van der Waals surface area contributed by atoms with E-state index in [2.05, 4.69) is 13.8 Å². The van der Waals surface area contributed by atoms with E-state index >= 15 is 0 Å². The van der Waals surface area contributed by atoms with Crippen LogP contribution >= 0.6 is 11.8 Å². The lowest BCUT2D eigenvalue weighted by atomic mass is 9.89. The molecule has 0 fully saturated rings. The van der Waals surface area contributed by atoms with Crippen molar-refractivity contribution in [2.24, 2.45) is 0 Å². The molecule has 114 valence electrons. The van der Waals surface area contributed by atoms with Gasteiger partial charge in [0, 0.05) is 4.90 Å². The monoisotopic (exact) mass is 304 g/mol. The summed E-state index contributed by atoms with van der Waals surface area (Å²) >= 11 is 0.0311. The average molecular weight is 304 g/mol. The summed E-state index contributed by atoms with van der Waals surface area (Å²) in [5, 5.41) is 0. The number of rotatable bonds is 4. The zero-order valence-electron chi connectivity index (χ0n) is 12.9. The van der Waals surface area contributed by atoms with Crippen LogP contribution in [0.15, 0.2) is 17.0 Å². The van der Waals surface area contributed by atoms with E-state index in [9.17, 15) is 13.2 Å². The molecule has 0 aromatic heterocycles. The van der Waals surface area contributed by atoms with Gasteiger partial charge in [-0.15, -0.1) is 0 Å². The molecule has 0 bridgehead atoms. The second-order valence-corrected chi connectivity index (χ2v) is 7.12. The van der Waals surface area contributed by atoms with Gasteiger partial charge in [0.05, 0.1) is 0 Å². The molecule has 1 aromatic rings. The molecule has 0 amide bonds. The highest BCUT2D eigenvalue weighted by atomic mass is 32.2. The van der Waals surface area contributed by atoms with Crippen LogP contribution in [0.4, 0.5) is 13.2 Å². The molecule has 0 heterocycles. The number of thioether (sulfide) groups is 1.